The van der Waals surface area contributed by atoms with Gasteiger partial charge in [-0.15, -0.1) is 0 Å². The van der Waals surface area contributed by atoms with Crippen molar-refractivity contribution in [2.24, 2.45) is 0 Å². The Hall–Kier alpha value is -3.45. The van der Waals surface area contributed by atoms with Crippen LogP contribution in [-0.4, -0.2) is 47.6 Å². The fraction of sp³-hybridized carbons (Fsp3) is 0.320. The van der Waals surface area contributed by atoms with Gasteiger partial charge in [-0.3, -0.25) is 9.69 Å². The van der Waals surface area contributed by atoms with Gasteiger partial charge in [-0.25, -0.2) is 9.97 Å². The van der Waals surface area contributed by atoms with Gasteiger partial charge in [0.15, 0.2) is 17.3 Å². The first-order valence-electron chi connectivity index (χ1n) is 11.0. The Labute approximate surface area is 187 Å². The molecule has 3 aromatic rings. The van der Waals surface area contributed by atoms with Crippen LogP contribution in [0.4, 0.5) is 0 Å². The lowest BCUT2D eigenvalue weighted by Gasteiger charge is -2.26. The molecule has 0 saturated carbocycles. The van der Waals surface area contributed by atoms with Crippen molar-refractivity contribution in [3.8, 4) is 22.9 Å². The number of nitrogens with one attached hydrogen (secondary N) is 1. The van der Waals surface area contributed by atoms with Crippen molar-refractivity contribution in [1.29, 1.82) is 0 Å². The number of ether oxygens (including phenoxy) is 2. The highest BCUT2D eigenvalue weighted by molar-refractivity contribution is 5.93. The summed E-state index contributed by atoms with van der Waals surface area (Å²) < 4.78 is 11.4. The van der Waals surface area contributed by atoms with Crippen molar-refractivity contribution in [2.45, 2.75) is 25.4 Å². The summed E-state index contributed by atoms with van der Waals surface area (Å²) in [7, 11) is 1.59. The van der Waals surface area contributed by atoms with Gasteiger partial charge >= 0.3 is 0 Å². The summed E-state index contributed by atoms with van der Waals surface area (Å²) in [6, 6.07) is 15.1. The SMILES string of the molecule is CNC(=O)c1cnc(-c2ccc(CN3CCC[C@H]3c3ccc4c(c3)OCCO4)cc2)nc1. The Bertz CT molecular complexity index is 1100. The molecule has 1 saturated heterocycles. The van der Waals surface area contributed by atoms with E-state index in [1.54, 1.807) is 19.4 Å². The number of benzene rings is 2. The van der Waals surface area contributed by atoms with E-state index in [1.807, 2.05) is 18.2 Å². The molecule has 2 aliphatic rings. The van der Waals surface area contributed by atoms with Gasteiger partial charge in [-0.05, 0) is 42.6 Å². The van der Waals surface area contributed by atoms with E-state index in [0.29, 0.717) is 30.6 Å². The summed E-state index contributed by atoms with van der Waals surface area (Å²) in [5.41, 5.74) is 3.92. The molecule has 1 amide bonds. The molecule has 0 bridgehead atoms. The van der Waals surface area contributed by atoms with E-state index in [9.17, 15) is 4.79 Å². The zero-order chi connectivity index (χ0) is 21.9. The highest BCUT2D eigenvalue weighted by Crippen LogP contribution is 2.38. The molecule has 1 N–H and O–H groups in total. The van der Waals surface area contributed by atoms with E-state index in [2.05, 4.69) is 44.5 Å². The van der Waals surface area contributed by atoms with Crippen LogP contribution in [-0.2, 0) is 6.54 Å². The van der Waals surface area contributed by atoms with Crippen LogP contribution in [0.5, 0.6) is 11.5 Å². The van der Waals surface area contributed by atoms with Gasteiger partial charge < -0.3 is 14.8 Å². The Balaban J connectivity index is 1.28. The van der Waals surface area contributed by atoms with Gasteiger partial charge in [0, 0.05) is 37.6 Å². The summed E-state index contributed by atoms with van der Waals surface area (Å²) in [5.74, 6) is 2.11. The van der Waals surface area contributed by atoms with Crippen molar-refractivity contribution in [1.82, 2.24) is 20.2 Å². The average Bonchev–Trinajstić information content (AvgIpc) is 3.32. The first kappa shape index (κ1) is 20.5. The van der Waals surface area contributed by atoms with Crippen LogP contribution in [0, 0.1) is 0 Å². The van der Waals surface area contributed by atoms with E-state index in [4.69, 9.17) is 9.47 Å². The highest BCUT2D eigenvalue weighted by Gasteiger charge is 2.27. The molecule has 0 spiro atoms. The lowest BCUT2D eigenvalue weighted by molar-refractivity contribution is 0.0962. The minimum Gasteiger partial charge on any atom is -0.486 e. The van der Waals surface area contributed by atoms with Crippen LogP contribution >= 0.6 is 0 Å². The molecule has 7 nitrogen and oxygen atoms in total. The molecule has 2 aromatic carbocycles. The maximum absolute atomic E-state index is 11.7. The number of carbonyl (C=O) groups excluding carboxylic acids is 1. The van der Waals surface area contributed by atoms with Gasteiger partial charge in [0.05, 0.1) is 5.56 Å². The summed E-state index contributed by atoms with van der Waals surface area (Å²) in [6.07, 6.45) is 5.43. The second-order valence-corrected chi connectivity index (χ2v) is 8.10. The molecule has 32 heavy (non-hydrogen) atoms. The number of nitrogens with zero attached hydrogens (tertiary/aromatic N) is 3. The van der Waals surface area contributed by atoms with Gasteiger partial charge in [0.25, 0.3) is 5.91 Å². The summed E-state index contributed by atoms with van der Waals surface area (Å²) in [6.45, 7) is 3.18. The smallest absolute Gasteiger partial charge is 0.254 e. The number of likely N-dealkylation sites (tertiary alicyclic amines) is 1. The Kier molecular flexibility index (Phi) is 5.73. The van der Waals surface area contributed by atoms with Crippen LogP contribution < -0.4 is 14.8 Å². The van der Waals surface area contributed by atoms with E-state index in [-0.39, 0.29) is 5.91 Å². The Morgan fingerprint density at radius 3 is 2.56 bits per heavy atom. The zero-order valence-electron chi connectivity index (χ0n) is 18.1. The summed E-state index contributed by atoms with van der Waals surface area (Å²) in [4.78, 5) is 22.9. The lowest BCUT2D eigenvalue weighted by atomic mass is 10.0. The fourth-order valence-electron chi connectivity index (χ4n) is 4.39. The van der Waals surface area contributed by atoms with Crippen molar-refractivity contribution < 1.29 is 14.3 Å². The lowest BCUT2D eigenvalue weighted by Crippen LogP contribution is -2.23. The van der Waals surface area contributed by atoms with Crippen LogP contribution in [0.15, 0.2) is 54.9 Å². The monoisotopic (exact) mass is 430 g/mol. The average molecular weight is 431 g/mol. The normalized spacial score (nSPS) is 17.8. The third-order valence-electron chi connectivity index (χ3n) is 6.05. The van der Waals surface area contributed by atoms with Crippen LogP contribution in [0.1, 0.15) is 40.4 Å². The van der Waals surface area contributed by atoms with Crippen LogP contribution in [0.25, 0.3) is 11.4 Å². The topological polar surface area (TPSA) is 76.6 Å². The molecular formula is C25H26N4O3. The van der Waals surface area contributed by atoms with Gasteiger partial charge in [0.1, 0.15) is 13.2 Å². The summed E-state index contributed by atoms with van der Waals surface area (Å²) in [5, 5.41) is 2.58. The van der Waals surface area contributed by atoms with Crippen molar-refractivity contribution in [2.75, 3.05) is 26.8 Å². The van der Waals surface area contributed by atoms with Gasteiger partial charge in [0.2, 0.25) is 0 Å². The van der Waals surface area contributed by atoms with Crippen LogP contribution in [0.3, 0.4) is 0 Å². The zero-order valence-corrected chi connectivity index (χ0v) is 18.1. The largest absolute Gasteiger partial charge is 0.486 e. The van der Waals surface area contributed by atoms with E-state index < -0.39 is 0 Å². The molecule has 3 heterocycles. The minimum absolute atomic E-state index is 0.190. The van der Waals surface area contributed by atoms with Crippen molar-refractivity contribution in [3.05, 3.63) is 71.5 Å². The standard InChI is InChI=1S/C25H26N4O3/c1-26-25(30)20-14-27-24(28-15-20)18-6-4-17(5-7-18)16-29-10-2-3-21(29)19-8-9-22-23(13-19)32-12-11-31-22/h4-9,13-15,21H,2-3,10-12,16H2,1H3,(H,26,30)/t21-/m0/s1. The molecule has 5 rings (SSSR count). The summed E-state index contributed by atoms with van der Waals surface area (Å²) >= 11 is 0. The number of carbonyl (C=O) groups is 1. The molecular weight excluding hydrogens is 404 g/mol. The fourth-order valence-corrected chi connectivity index (χ4v) is 4.39. The maximum Gasteiger partial charge on any atom is 0.254 e. The Morgan fingerprint density at radius 1 is 1.06 bits per heavy atom. The van der Waals surface area contributed by atoms with Crippen molar-refractivity contribution >= 4 is 5.91 Å². The first-order valence-corrected chi connectivity index (χ1v) is 11.0. The number of aromatic nitrogens is 2. The van der Waals surface area contributed by atoms with E-state index in [1.165, 1.54) is 17.5 Å². The minimum atomic E-state index is -0.190. The maximum atomic E-state index is 11.7. The molecule has 7 heteroatoms. The van der Waals surface area contributed by atoms with E-state index >= 15 is 0 Å². The van der Waals surface area contributed by atoms with E-state index in [0.717, 1.165) is 36.6 Å². The van der Waals surface area contributed by atoms with Crippen molar-refractivity contribution in [3.63, 3.8) is 0 Å². The predicted molar refractivity (Wildman–Crippen MR) is 121 cm³/mol. The third kappa shape index (κ3) is 4.16. The first-order chi connectivity index (χ1) is 15.7. The molecule has 0 unspecified atom stereocenters. The number of rotatable bonds is 5. The molecule has 0 radical (unpaired) electrons. The number of fused-ring (bicyclic) bond motifs is 1. The molecule has 1 fully saturated rings. The third-order valence-corrected chi connectivity index (χ3v) is 6.05. The Morgan fingerprint density at radius 2 is 1.81 bits per heavy atom. The van der Waals surface area contributed by atoms with Crippen LogP contribution in [0.2, 0.25) is 0 Å². The number of hydrogen-bond acceptors (Lipinski definition) is 6. The second-order valence-electron chi connectivity index (χ2n) is 8.10. The van der Waals surface area contributed by atoms with Gasteiger partial charge in [-0.1, -0.05) is 30.3 Å². The quantitative estimate of drug-likeness (QED) is 0.666. The molecule has 1 atom stereocenters. The number of hydrogen-bond donors (Lipinski definition) is 1. The van der Waals surface area contributed by atoms with Gasteiger partial charge in [-0.2, -0.15) is 0 Å². The second kappa shape index (κ2) is 8.96. The molecule has 164 valence electrons. The molecule has 1 aromatic heterocycles. The predicted octanol–water partition coefficient (Wildman–Crippen LogP) is 3.61. The highest BCUT2D eigenvalue weighted by atomic mass is 16.6. The molecule has 0 aliphatic carbocycles. The number of amides is 1. The molecule has 2 aliphatic heterocycles.